The van der Waals surface area contributed by atoms with E-state index < -0.39 is 5.97 Å². The van der Waals surface area contributed by atoms with Crippen molar-refractivity contribution in [3.8, 4) is 5.75 Å². The molecule has 0 aromatic heterocycles. The number of amides is 1. The molecular formula is C20H16BrIN2O4. The number of methoxy groups -OCH3 is 1. The van der Waals surface area contributed by atoms with Crippen LogP contribution in [0.5, 0.6) is 5.75 Å². The SMILES string of the molecule is COC(=O)COc1c(Br)cc(/C=C2/C(=O)N(c3ccccc3)N=C2C)cc1I. The van der Waals surface area contributed by atoms with Crippen molar-refractivity contribution in [3.63, 3.8) is 0 Å². The van der Waals surface area contributed by atoms with Crippen molar-refractivity contribution in [3.05, 3.63) is 61.6 Å². The zero-order valence-corrected chi connectivity index (χ0v) is 18.9. The average Bonchev–Trinajstić information content (AvgIpc) is 2.96. The van der Waals surface area contributed by atoms with Crippen molar-refractivity contribution >= 4 is 67.9 Å². The quantitative estimate of drug-likeness (QED) is 0.312. The van der Waals surface area contributed by atoms with Gasteiger partial charge in [0.1, 0.15) is 5.75 Å². The molecule has 0 unspecified atom stereocenters. The standard InChI is InChI=1S/C20H16BrIN2O4/c1-12-15(20(26)24(23-12)14-6-4-3-5-7-14)8-13-9-16(21)19(17(22)10-13)28-11-18(25)27-2/h3-10H,11H2,1-2H3/b15-8+. The number of anilines is 1. The molecule has 2 aromatic rings. The third kappa shape index (κ3) is 4.44. The first-order valence-corrected chi connectivity index (χ1v) is 10.1. The van der Waals surface area contributed by atoms with Gasteiger partial charge in [0, 0.05) is 0 Å². The minimum Gasteiger partial charge on any atom is -0.480 e. The summed E-state index contributed by atoms with van der Waals surface area (Å²) in [5.74, 6) is -0.0960. The summed E-state index contributed by atoms with van der Waals surface area (Å²) in [6.45, 7) is 1.63. The summed E-state index contributed by atoms with van der Waals surface area (Å²) >= 11 is 5.58. The van der Waals surface area contributed by atoms with Crippen LogP contribution in [0, 0.1) is 3.57 Å². The first-order chi connectivity index (χ1) is 13.4. The number of nitrogens with zero attached hydrogens (tertiary/aromatic N) is 2. The van der Waals surface area contributed by atoms with Gasteiger partial charge in [-0.25, -0.2) is 4.79 Å². The summed E-state index contributed by atoms with van der Waals surface area (Å²) in [7, 11) is 1.31. The van der Waals surface area contributed by atoms with E-state index in [-0.39, 0.29) is 12.5 Å². The Kier molecular flexibility index (Phi) is 6.50. The van der Waals surface area contributed by atoms with Crippen LogP contribution in [0.3, 0.4) is 0 Å². The number of rotatable bonds is 5. The second kappa shape index (κ2) is 8.87. The number of carbonyl (C=O) groups excluding carboxylic acids is 2. The van der Waals surface area contributed by atoms with Crippen molar-refractivity contribution in [2.24, 2.45) is 5.10 Å². The van der Waals surface area contributed by atoms with Crippen LogP contribution in [0.4, 0.5) is 5.69 Å². The van der Waals surface area contributed by atoms with E-state index in [9.17, 15) is 9.59 Å². The van der Waals surface area contributed by atoms with Crippen molar-refractivity contribution in [1.29, 1.82) is 0 Å². The molecule has 0 spiro atoms. The molecule has 144 valence electrons. The molecule has 1 amide bonds. The number of hydrogen-bond acceptors (Lipinski definition) is 5. The van der Waals surface area contributed by atoms with Crippen LogP contribution >= 0.6 is 38.5 Å². The van der Waals surface area contributed by atoms with Crippen LogP contribution in [0.1, 0.15) is 12.5 Å². The highest BCUT2D eigenvalue weighted by Gasteiger charge is 2.28. The monoisotopic (exact) mass is 554 g/mol. The van der Waals surface area contributed by atoms with Gasteiger partial charge in [-0.2, -0.15) is 10.1 Å². The zero-order chi connectivity index (χ0) is 20.3. The molecule has 0 atom stereocenters. The fourth-order valence-corrected chi connectivity index (χ4v) is 4.35. The number of halogens is 2. The molecule has 0 aliphatic carbocycles. The minimum atomic E-state index is -0.460. The van der Waals surface area contributed by atoms with E-state index in [1.807, 2.05) is 42.5 Å². The Labute approximate surface area is 184 Å². The van der Waals surface area contributed by atoms with E-state index in [0.717, 1.165) is 14.8 Å². The van der Waals surface area contributed by atoms with Gasteiger partial charge in [-0.1, -0.05) is 18.2 Å². The number of para-hydroxylation sites is 1. The summed E-state index contributed by atoms with van der Waals surface area (Å²) in [6, 6.07) is 13.0. The lowest BCUT2D eigenvalue weighted by Gasteiger charge is -2.12. The third-order valence-electron chi connectivity index (χ3n) is 3.96. The van der Waals surface area contributed by atoms with Gasteiger partial charge >= 0.3 is 5.97 Å². The maximum absolute atomic E-state index is 12.8. The van der Waals surface area contributed by atoms with Gasteiger partial charge < -0.3 is 9.47 Å². The predicted octanol–water partition coefficient (Wildman–Crippen LogP) is 4.41. The molecule has 28 heavy (non-hydrogen) atoms. The number of carbonyl (C=O) groups is 2. The summed E-state index contributed by atoms with van der Waals surface area (Å²) in [5, 5.41) is 5.78. The van der Waals surface area contributed by atoms with Crippen LogP contribution < -0.4 is 9.75 Å². The number of esters is 1. The molecular weight excluding hydrogens is 539 g/mol. The lowest BCUT2D eigenvalue weighted by Crippen LogP contribution is -2.21. The Morgan fingerprint density at radius 3 is 2.64 bits per heavy atom. The second-order valence-electron chi connectivity index (χ2n) is 5.87. The molecule has 6 nitrogen and oxygen atoms in total. The first kappa shape index (κ1) is 20.5. The first-order valence-electron chi connectivity index (χ1n) is 8.26. The maximum Gasteiger partial charge on any atom is 0.343 e. The molecule has 2 aromatic carbocycles. The lowest BCUT2D eigenvalue weighted by molar-refractivity contribution is -0.142. The Bertz CT molecular complexity index is 966. The van der Waals surface area contributed by atoms with Crippen molar-refractivity contribution in [1.82, 2.24) is 0 Å². The van der Waals surface area contributed by atoms with Crippen LogP contribution in [0.25, 0.3) is 6.08 Å². The van der Waals surface area contributed by atoms with E-state index in [2.05, 4.69) is 48.4 Å². The Morgan fingerprint density at radius 1 is 1.29 bits per heavy atom. The minimum absolute atomic E-state index is 0.179. The fraction of sp³-hybridized carbons (Fsp3) is 0.150. The van der Waals surface area contributed by atoms with Gasteiger partial charge in [0.15, 0.2) is 6.61 Å². The number of benzene rings is 2. The van der Waals surface area contributed by atoms with Gasteiger partial charge in [-0.3, -0.25) is 4.79 Å². The van der Waals surface area contributed by atoms with Crippen molar-refractivity contribution in [2.75, 3.05) is 18.7 Å². The molecule has 1 aliphatic rings. The van der Waals surface area contributed by atoms with Crippen LogP contribution in [0.15, 0.2) is 57.6 Å². The van der Waals surface area contributed by atoms with Crippen LogP contribution in [-0.2, 0) is 14.3 Å². The molecule has 1 aliphatic heterocycles. The van der Waals surface area contributed by atoms with Crippen molar-refractivity contribution in [2.45, 2.75) is 6.92 Å². The normalized spacial score (nSPS) is 15.0. The Hall–Kier alpha value is -2.20. The van der Waals surface area contributed by atoms with Crippen molar-refractivity contribution < 1.29 is 19.1 Å². The number of ether oxygens (including phenoxy) is 2. The zero-order valence-electron chi connectivity index (χ0n) is 15.1. The van der Waals surface area contributed by atoms with Gasteiger partial charge in [0.2, 0.25) is 0 Å². The van der Waals surface area contributed by atoms with E-state index in [4.69, 9.17) is 4.74 Å². The van der Waals surface area contributed by atoms with Crippen LogP contribution in [-0.4, -0.2) is 31.3 Å². The molecule has 1 heterocycles. The highest BCUT2D eigenvalue weighted by molar-refractivity contribution is 14.1. The maximum atomic E-state index is 12.8. The van der Waals surface area contributed by atoms with Gasteiger partial charge in [-0.05, 0) is 81.3 Å². The molecule has 3 rings (SSSR count). The number of hydrogen-bond donors (Lipinski definition) is 0. The molecule has 0 bridgehead atoms. The summed E-state index contributed by atoms with van der Waals surface area (Å²) < 4.78 is 11.6. The Morgan fingerprint density at radius 2 is 2.00 bits per heavy atom. The molecule has 8 heteroatoms. The highest BCUT2D eigenvalue weighted by atomic mass is 127. The average molecular weight is 555 g/mol. The topological polar surface area (TPSA) is 68.2 Å². The summed E-state index contributed by atoms with van der Waals surface area (Å²) in [6.07, 6.45) is 1.79. The van der Waals surface area contributed by atoms with E-state index in [0.29, 0.717) is 21.5 Å². The largest absolute Gasteiger partial charge is 0.480 e. The second-order valence-corrected chi connectivity index (χ2v) is 7.89. The molecule has 0 radical (unpaired) electrons. The van der Waals surface area contributed by atoms with Gasteiger partial charge in [0.25, 0.3) is 5.91 Å². The summed E-state index contributed by atoms with van der Waals surface area (Å²) in [4.78, 5) is 24.1. The van der Waals surface area contributed by atoms with E-state index in [1.54, 1.807) is 13.0 Å². The predicted molar refractivity (Wildman–Crippen MR) is 119 cm³/mol. The van der Waals surface area contributed by atoms with Gasteiger partial charge in [-0.15, -0.1) is 0 Å². The van der Waals surface area contributed by atoms with E-state index in [1.165, 1.54) is 12.1 Å². The molecule has 0 saturated carbocycles. The van der Waals surface area contributed by atoms with Gasteiger partial charge in [0.05, 0.1) is 32.1 Å². The highest BCUT2D eigenvalue weighted by Crippen LogP contribution is 2.33. The van der Waals surface area contributed by atoms with E-state index >= 15 is 0 Å². The number of hydrazone groups is 1. The third-order valence-corrected chi connectivity index (χ3v) is 5.35. The smallest absolute Gasteiger partial charge is 0.343 e. The lowest BCUT2D eigenvalue weighted by atomic mass is 10.1. The summed E-state index contributed by atoms with van der Waals surface area (Å²) in [5.41, 5.74) is 2.70. The van der Waals surface area contributed by atoms with Crippen LogP contribution in [0.2, 0.25) is 0 Å². The Balaban J connectivity index is 1.86. The molecule has 0 saturated heterocycles. The molecule has 0 fully saturated rings. The fourth-order valence-electron chi connectivity index (χ4n) is 2.59. The molecule has 0 N–H and O–H groups in total.